The zero-order chi connectivity index (χ0) is 14.8. The third kappa shape index (κ3) is 2.86. The van der Waals surface area contributed by atoms with Gasteiger partial charge >= 0.3 is 0 Å². The van der Waals surface area contributed by atoms with Gasteiger partial charge in [0.2, 0.25) is 0 Å². The molecule has 2 aromatic rings. The topological polar surface area (TPSA) is 42.0 Å². The minimum Gasteiger partial charge on any atom is -0.340 e. The molecule has 0 radical (unpaired) electrons. The van der Waals surface area contributed by atoms with Crippen molar-refractivity contribution < 1.29 is 4.79 Å². The van der Waals surface area contributed by atoms with Crippen molar-refractivity contribution >= 4 is 28.8 Å². The summed E-state index contributed by atoms with van der Waals surface area (Å²) >= 11 is 7.62. The van der Waals surface area contributed by atoms with Crippen LogP contribution in [0, 0.1) is 6.92 Å². The monoisotopic (exact) mass is 308 g/mol. The van der Waals surface area contributed by atoms with Gasteiger partial charge in [0.05, 0.1) is 5.54 Å². The van der Waals surface area contributed by atoms with Crippen LogP contribution in [-0.2, 0) is 5.54 Å². The van der Waals surface area contributed by atoms with Crippen LogP contribution in [0.25, 0.3) is 0 Å². The molecule has 0 saturated carbocycles. The van der Waals surface area contributed by atoms with E-state index in [0.29, 0.717) is 10.6 Å². The molecule has 1 heterocycles. The van der Waals surface area contributed by atoms with Gasteiger partial charge in [0, 0.05) is 22.2 Å². The molecule has 1 amide bonds. The van der Waals surface area contributed by atoms with E-state index in [1.165, 1.54) is 0 Å². The number of halogens is 1. The van der Waals surface area contributed by atoms with Gasteiger partial charge in [-0.25, -0.2) is 4.98 Å². The van der Waals surface area contributed by atoms with Gasteiger partial charge in [-0.3, -0.25) is 4.79 Å². The molecule has 0 aliphatic heterocycles. The molecular formula is C15H17ClN2OS. The number of hydrogen-bond donors (Lipinski definition) is 1. The van der Waals surface area contributed by atoms with Gasteiger partial charge in [-0.1, -0.05) is 24.6 Å². The van der Waals surface area contributed by atoms with Gasteiger partial charge in [-0.15, -0.1) is 11.3 Å². The maximum atomic E-state index is 12.5. The zero-order valence-electron chi connectivity index (χ0n) is 11.7. The predicted octanol–water partition coefficient (Wildman–Crippen LogP) is 4.16. The Morgan fingerprint density at radius 1 is 1.50 bits per heavy atom. The van der Waals surface area contributed by atoms with Crippen LogP contribution in [-0.4, -0.2) is 10.9 Å². The number of carbonyl (C=O) groups excluding carboxylic acids is 1. The highest BCUT2D eigenvalue weighted by atomic mass is 35.5. The first-order valence-corrected chi connectivity index (χ1v) is 7.71. The Balaban J connectivity index is 2.28. The van der Waals surface area contributed by atoms with Gasteiger partial charge in [0.15, 0.2) is 0 Å². The summed E-state index contributed by atoms with van der Waals surface area (Å²) in [7, 11) is 0. The molecule has 0 spiro atoms. The molecule has 1 aromatic heterocycles. The second kappa shape index (κ2) is 5.94. The lowest BCUT2D eigenvalue weighted by Gasteiger charge is -2.27. The summed E-state index contributed by atoms with van der Waals surface area (Å²) in [5.74, 6) is -0.121. The molecule has 3 nitrogen and oxygen atoms in total. The number of hydrogen-bond acceptors (Lipinski definition) is 3. The molecule has 1 N–H and O–H groups in total. The maximum Gasteiger partial charge on any atom is 0.252 e. The Kier molecular flexibility index (Phi) is 4.45. The SMILES string of the molecule is CCC(C)(NC(=O)c1cccc(Cl)c1C)c1nccs1. The summed E-state index contributed by atoms with van der Waals surface area (Å²) in [5.41, 5.74) is 0.943. The fourth-order valence-electron chi connectivity index (χ4n) is 1.96. The van der Waals surface area contributed by atoms with E-state index in [4.69, 9.17) is 11.6 Å². The molecule has 106 valence electrons. The molecule has 1 aromatic carbocycles. The van der Waals surface area contributed by atoms with Crippen LogP contribution in [0.5, 0.6) is 0 Å². The average Bonchev–Trinajstić information content (AvgIpc) is 2.96. The van der Waals surface area contributed by atoms with Crippen LogP contribution < -0.4 is 5.32 Å². The van der Waals surface area contributed by atoms with Crippen molar-refractivity contribution in [1.82, 2.24) is 10.3 Å². The van der Waals surface area contributed by atoms with Gasteiger partial charge in [0.25, 0.3) is 5.91 Å². The van der Waals surface area contributed by atoms with E-state index >= 15 is 0 Å². The molecule has 5 heteroatoms. The minimum atomic E-state index is -0.458. The van der Waals surface area contributed by atoms with Gasteiger partial charge in [-0.05, 0) is 38.0 Å². The number of amides is 1. The van der Waals surface area contributed by atoms with Gasteiger partial charge in [-0.2, -0.15) is 0 Å². The summed E-state index contributed by atoms with van der Waals surface area (Å²) in [6.45, 7) is 5.88. The molecule has 2 rings (SSSR count). The molecule has 1 atom stereocenters. The second-order valence-corrected chi connectivity index (χ2v) is 6.19. The Morgan fingerprint density at radius 3 is 2.85 bits per heavy atom. The summed E-state index contributed by atoms with van der Waals surface area (Å²) in [6.07, 6.45) is 2.52. The first-order valence-electron chi connectivity index (χ1n) is 6.45. The molecule has 0 saturated heterocycles. The van der Waals surface area contributed by atoms with Crippen LogP contribution >= 0.6 is 22.9 Å². The molecular weight excluding hydrogens is 292 g/mol. The highest BCUT2D eigenvalue weighted by molar-refractivity contribution is 7.09. The molecule has 20 heavy (non-hydrogen) atoms. The lowest BCUT2D eigenvalue weighted by Crippen LogP contribution is -2.43. The van der Waals surface area contributed by atoms with Gasteiger partial charge in [0.1, 0.15) is 5.01 Å². The number of benzene rings is 1. The number of nitrogens with one attached hydrogen (secondary N) is 1. The van der Waals surface area contributed by atoms with Crippen LogP contribution in [0.3, 0.4) is 0 Å². The number of rotatable bonds is 4. The molecule has 1 unspecified atom stereocenters. The quantitative estimate of drug-likeness (QED) is 0.921. The third-order valence-corrected chi connectivity index (χ3v) is 4.96. The first-order chi connectivity index (χ1) is 9.48. The lowest BCUT2D eigenvalue weighted by atomic mass is 9.98. The van der Waals surface area contributed by atoms with Crippen molar-refractivity contribution in [2.45, 2.75) is 32.7 Å². The molecule has 0 aliphatic rings. The summed E-state index contributed by atoms with van der Waals surface area (Å²) in [4.78, 5) is 16.8. The minimum absolute atomic E-state index is 0.121. The highest BCUT2D eigenvalue weighted by Gasteiger charge is 2.30. The lowest BCUT2D eigenvalue weighted by molar-refractivity contribution is 0.0901. The van der Waals surface area contributed by atoms with Gasteiger partial charge < -0.3 is 5.32 Å². The molecule has 0 bridgehead atoms. The fourth-order valence-corrected chi connectivity index (χ4v) is 2.96. The normalized spacial score (nSPS) is 13.8. The largest absolute Gasteiger partial charge is 0.340 e. The van der Waals surface area contributed by atoms with E-state index in [1.54, 1.807) is 35.7 Å². The Labute approximate surface area is 128 Å². The van der Waals surface area contributed by atoms with E-state index in [-0.39, 0.29) is 5.91 Å². The van der Waals surface area contributed by atoms with E-state index in [0.717, 1.165) is 17.0 Å². The van der Waals surface area contributed by atoms with Crippen molar-refractivity contribution in [3.05, 3.63) is 50.9 Å². The first kappa shape index (κ1) is 15.0. The summed E-state index contributed by atoms with van der Waals surface area (Å²) < 4.78 is 0. The summed E-state index contributed by atoms with van der Waals surface area (Å²) in [6, 6.07) is 5.36. The number of carbonyl (C=O) groups is 1. The second-order valence-electron chi connectivity index (χ2n) is 4.89. The van der Waals surface area contributed by atoms with Crippen LogP contribution in [0.15, 0.2) is 29.8 Å². The van der Waals surface area contributed by atoms with Crippen molar-refractivity contribution in [2.75, 3.05) is 0 Å². The Bertz CT molecular complexity index is 612. The highest BCUT2D eigenvalue weighted by Crippen LogP contribution is 2.27. The van der Waals surface area contributed by atoms with Crippen molar-refractivity contribution in [3.8, 4) is 0 Å². The van der Waals surface area contributed by atoms with Crippen LogP contribution in [0.2, 0.25) is 5.02 Å². The Morgan fingerprint density at radius 2 is 2.25 bits per heavy atom. The number of thiazole rings is 1. The smallest absolute Gasteiger partial charge is 0.252 e. The van der Waals surface area contributed by atoms with Crippen molar-refractivity contribution in [3.63, 3.8) is 0 Å². The van der Waals surface area contributed by atoms with E-state index in [9.17, 15) is 4.79 Å². The van der Waals surface area contributed by atoms with E-state index in [1.807, 2.05) is 26.2 Å². The molecule has 0 fully saturated rings. The van der Waals surface area contributed by atoms with E-state index in [2.05, 4.69) is 10.3 Å². The van der Waals surface area contributed by atoms with Crippen LogP contribution in [0.4, 0.5) is 0 Å². The number of nitrogens with zero attached hydrogens (tertiary/aromatic N) is 1. The third-order valence-electron chi connectivity index (χ3n) is 3.51. The predicted molar refractivity (Wildman–Crippen MR) is 83.4 cm³/mol. The van der Waals surface area contributed by atoms with Crippen molar-refractivity contribution in [2.24, 2.45) is 0 Å². The molecule has 0 aliphatic carbocycles. The fraction of sp³-hybridized carbons (Fsp3) is 0.333. The van der Waals surface area contributed by atoms with E-state index < -0.39 is 5.54 Å². The van der Waals surface area contributed by atoms with Crippen LogP contribution in [0.1, 0.15) is 41.2 Å². The standard InChI is InChI=1S/C15H17ClN2OS/c1-4-15(3,14-17-8-9-20-14)18-13(19)11-6-5-7-12(16)10(11)2/h5-9H,4H2,1-3H3,(H,18,19). The zero-order valence-corrected chi connectivity index (χ0v) is 13.3. The average molecular weight is 309 g/mol. The number of aromatic nitrogens is 1. The Hall–Kier alpha value is -1.39. The maximum absolute atomic E-state index is 12.5. The van der Waals surface area contributed by atoms with Crippen molar-refractivity contribution in [1.29, 1.82) is 0 Å². The summed E-state index contributed by atoms with van der Waals surface area (Å²) in [5, 5.41) is 6.51.